The molecule has 0 spiro atoms. The molecule has 108 valence electrons. The lowest BCUT2D eigenvalue weighted by Gasteiger charge is -2.10. The Bertz CT molecular complexity index is 524. The maximum atomic E-state index is 12.3. The smallest absolute Gasteiger partial charge is 0.242 e. The molecule has 0 radical (unpaired) electrons. The summed E-state index contributed by atoms with van der Waals surface area (Å²) in [5.41, 5.74) is 0. The molecule has 2 heterocycles. The zero-order valence-electron chi connectivity index (χ0n) is 10.6. The molecule has 0 saturated carbocycles. The second-order valence-electron chi connectivity index (χ2n) is 4.37. The van der Waals surface area contributed by atoms with Crippen molar-refractivity contribution in [2.75, 3.05) is 19.3 Å². The van der Waals surface area contributed by atoms with Gasteiger partial charge in [0, 0.05) is 23.2 Å². The first kappa shape index (κ1) is 15.8. The Labute approximate surface area is 130 Å². The highest BCUT2D eigenvalue weighted by atomic mass is 79.9. The van der Waals surface area contributed by atoms with Crippen molar-refractivity contribution in [3.63, 3.8) is 0 Å². The first-order valence-electron chi connectivity index (χ1n) is 6.07. The summed E-state index contributed by atoms with van der Waals surface area (Å²) in [7, 11) is -1.56. The van der Waals surface area contributed by atoms with Crippen molar-refractivity contribution in [1.82, 2.24) is 10.0 Å². The molecule has 4 nitrogen and oxygen atoms in total. The molecular formula is C11H17BrN2O2S3. The van der Waals surface area contributed by atoms with Crippen LogP contribution in [0.4, 0.5) is 0 Å². The van der Waals surface area contributed by atoms with Gasteiger partial charge in [0.25, 0.3) is 0 Å². The van der Waals surface area contributed by atoms with Gasteiger partial charge in [-0.1, -0.05) is 0 Å². The Kier molecular flexibility index (Phi) is 5.74. The number of halogens is 1. The van der Waals surface area contributed by atoms with Crippen LogP contribution in [0.15, 0.2) is 14.7 Å². The van der Waals surface area contributed by atoms with Gasteiger partial charge >= 0.3 is 0 Å². The SMILES string of the molecule is CNCc1cc(S(=O)(=O)NCC2CCCS2)c(Br)s1. The van der Waals surface area contributed by atoms with Crippen molar-refractivity contribution in [1.29, 1.82) is 0 Å². The molecule has 2 rings (SSSR count). The maximum Gasteiger partial charge on any atom is 0.242 e. The molecule has 1 aliphatic rings. The third kappa shape index (κ3) is 4.18. The van der Waals surface area contributed by atoms with Crippen molar-refractivity contribution >= 4 is 49.1 Å². The van der Waals surface area contributed by atoms with Gasteiger partial charge in [0.05, 0.1) is 3.79 Å². The fourth-order valence-corrected chi connectivity index (χ4v) is 7.01. The van der Waals surface area contributed by atoms with E-state index in [1.54, 1.807) is 6.07 Å². The summed E-state index contributed by atoms with van der Waals surface area (Å²) in [6.45, 7) is 1.20. The van der Waals surface area contributed by atoms with E-state index >= 15 is 0 Å². The van der Waals surface area contributed by atoms with Gasteiger partial charge in [0.15, 0.2) is 0 Å². The van der Waals surface area contributed by atoms with Crippen molar-refractivity contribution in [2.45, 2.75) is 29.5 Å². The monoisotopic (exact) mass is 384 g/mol. The molecule has 8 heteroatoms. The largest absolute Gasteiger partial charge is 0.315 e. The number of thioether (sulfide) groups is 1. The molecule has 19 heavy (non-hydrogen) atoms. The molecule has 1 fully saturated rings. The molecule has 0 amide bonds. The van der Waals surface area contributed by atoms with E-state index in [4.69, 9.17) is 0 Å². The lowest BCUT2D eigenvalue weighted by molar-refractivity contribution is 0.579. The molecule has 0 aromatic carbocycles. The van der Waals surface area contributed by atoms with Crippen LogP contribution < -0.4 is 10.0 Å². The third-order valence-electron chi connectivity index (χ3n) is 2.87. The van der Waals surface area contributed by atoms with Crippen LogP contribution in [-0.4, -0.2) is 33.0 Å². The predicted octanol–water partition coefficient (Wildman–Crippen LogP) is 2.40. The quantitative estimate of drug-likeness (QED) is 0.790. The van der Waals surface area contributed by atoms with Gasteiger partial charge in [-0.15, -0.1) is 11.3 Å². The molecule has 0 aliphatic carbocycles. The van der Waals surface area contributed by atoms with Crippen molar-refractivity contribution in [3.8, 4) is 0 Å². The van der Waals surface area contributed by atoms with Crippen LogP contribution >= 0.6 is 39.0 Å². The number of thiophene rings is 1. The second-order valence-corrected chi connectivity index (χ2v) is 9.97. The van der Waals surface area contributed by atoms with Crippen LogP contribution in [0.25, 0.3) is 0 Å². The van der Waals surface area contributed by atoms with Gasteiger partial charge in [-0.25, -0.2) is 13.1 Å². The minimum Gasteiger partial charge on any atom is -0.315 e. The molecule has 2 N–H and O–H groups in total. The molecule has 0 bridgehead atoms. The van der Waals surface area contributed by atoms with Gasteiger partial charge in [-0.05, 0) is 47.6 Å². The van der Waals surface area contributed by atoms with E-state index in [1.807, 2.05) is 18.8 Å². The van der Waals surface area contributed by atoms with Crippen LogP contribution in [0.1, 0.15) is 17.7 Å². The minimum absolute atomic E-state index is 0.353. The molecule has 1 aromatic rings. The van der Waals surface area contributed by atoms with Crippen LogP contribution in [0.5, 0.6) is 0 Å². The first-order chi connectivity index (χ1) is 9.03. The molecular weight excluding hydrogens is 368 g/mol. The average Bonchev–Trinajstić information content (AvgIpc) is 2.97. The molecule has 1 unspecified atom stereocenters. The predicted molar refractivity (Wildman–Crippen MR) is 85.5 cm³/mol. The number of hydrogen-bond acceptors (Lipinski definition) is 5. The van der Waals surface area contributed by atoms with E-state index in [1.165, 1.54) is 17.8 Å². The third-order valence-corrected chi connectivity index (χ3v) is 7.95. The summed E-state index contributed by atoms with van der Waals surface area (Å²) < 4.78 is 27.9. The number of nitrogens with one attached hydrogen (secondary N) is 2. The van der Waals surface area contributed by atoms with Gasteiger partial charge in [0.1, 0.15) is 4.90 Å². The zero-order chi connectivity index (χ0) is 13.9. The molecule has 1 aliphatic heterocycles. The molecule has 1 aromatic heterocycles. The fourth-order valence-electron chi connectivity index (χ4n) is 1.93. The number of hydrogen-bond donors (Lipinski definition) is 2. The number of rotatable bonds is 6. The standard InChI is InChI=1S/C11H17BrN2O2S3/c1-13-6-9-5-10(11(12)18-9)19(15,16)14-7-8-3-2-4-17-8/h5,8,13-14H,2-4,6-7H2,1H3. The van der Waals surface area contributed by atoms with Gasteiger partial charge < -0.3 is 5.32 Å². The summed E-state index contributed by atoms with van der Waals surface area (Å²) in [4.78, 5) is 1.36. The fraction of sp³-hybridized carbons (Fsp3) is 0.636. The van der Waals surface area contributed by atoms with Crippen molar-refractivity contribution in [2.24, 2.45) is 0 Å². The minimum atomic E-state index is -3.40. The van der Waals surface area contributed by atoms with Crippen molar-refractivity contribution < 1.29 is 8.42 Å². The van der Waals surface area contributed by atoms with E-state index in [2.05, 4.69) is 26.0 Å². The topological polar surface area (TPSA) is 58.2 Å². The lowest BCUT2D eigenvalue weighted by Crippen LogP contribution is -2.29. The van der Waals surface area contributed by atoms with E-state index in [0.29, 0.717) is 27.0 Å². The van der Waals surface area contributed by atoms with Crippen LogP contribution in [0.2, 0.25) is 0 Å². The Morgan fingerprint density at radius 2 is 2.32 bits per heavy atom. The first-order valence-corrected chi connectivity index (χ1v) is 10.2. The van der Waals surface area contributed by atoms with Gasteiger partial charge in [-0.2, -0.15) is 11.8 Å². The molecule has 1 atom stereocenters. The summed E-state index contributed by atoms with van der Waals surface area (Å²) in [6, 6.07) is 1.73. The van der Waals surface area contributed by atoms with E-state index in [9.17, 15) is 8.42 Å². The second kappa shape index (κ2) is 6.91. The van der Waals surface area contributed by atoms with Gasteiger partial charge in [-0.3, -0.25) is 0 Å². The zero-order valence-corrected chi connectivity index (χ0v) is 14.6. The highest BCUT2D eigenvalue weighted by Crippen LogP contribution is 2.32. The van der Waals surface area contributed by atoms with Crippen LogP contribution in [0.3, 0.4) is 0 Å². The summed E-state index contributed by atoms with van der Waals surface area (Å²) in [5, 5.41) is 3.44. The Hall–Kier alpha value is 0.400. The van der Waals surface area contributed by atoms with E-state index in [0.717, 1.165) is 17.1 Å². The highest BCUT2D eigenvalue weighted by Gasteiger charge is 2.23. The average molecular weight is 385 g/mol. The summed E-state index contributed by atoms with van der Waals surface area (Å²) in [5.74, 6) is 1.14. The van der Waals surface area contributed by atoms with E-state index < -0.39 is 10.0 Å². The van der Waals surface area contributed by atoms with E-state index in [-0.39, 0.29) is 0 Å². The van der Waals surface area contributed by atoms with Crippen molar-refractivity contribution in [3.05, 3.63) is 14.7 Å². The van der Waals surface area contributed by atoms with Crippen LogP contribution in [-0.2, 0) is 16.6 Å². The normalized spacial score (nSPS) is 20.0. The van der Waals surface area contributed by atoms with Crippen LogP contribution in [0, 0.1) is 0 Å². The summed E-state index contributed by atoms with van der Waals surface area (Å²) >= 11 is 6.65. The Morgan fingerprint density at radius 3 is 2.95 bits per heavy atom. The Morgan fingerprint density at radius 1 is 1.53 bits per heavy atom. The summed E-state index contributed by atoms with van der Waals surface area (Å²) in [6.07, 6.45) is 2.29. The Balaban J connectivity index is 2.05. The molecule has 1 saturated heterocycles. The maximum absolute atomic E-state index is 12.3. The highest BCUT2D eigenvalue weighted by molar-refractivity contribution is 9.11. The number of sulfonamides is 1. The lowest BCUT2D eigenvalue weighted by atomic mass is 10.2. The van der Waals surface area contributed by atoms with Gasteiger partial charge in [0.2, 0.25) is 10.0 Å².